The molecule has 1 nitrogen and oxygen atoms in total. The maximum atomic E-state index is 5.70. The summed E-state index contributed by atoms with van der Waals surface area (Å²) in [6, 6.07) is 6.58. The molecular formula is C14H20O. The van der Waals surface area contributed by atoms with E-state index >= 15 is 0 Å². The van der Waals surface area contributed by atoms with Gasteiger partial charge in [-0.15, -0.1) is 0 Å². The molecular weight excluding hydrogens is 184 g/mol. The molecule has 1 aliphatic rings. The highest BCUT2D eigenvalue weighted by atomic mass is 16.5. The predicted octanol–water partition coefficient (Wildman–Crippen LogP) is 4.05. The van der Waals surface area contributed by atoms with E-state index in [1.54, 1.807) is 0 Å². The average molecular weight is 204 g/mol. The first-order valence-electron chi connectivity index (χ1n) is 6.04. The smallest absolute Gasteiger partial charge is 0.122 e. The van der Waals surface area contributed by atoms with E-state index in [0.717, 1.165) is 18.3 Å². The SMILES string of the molecule is CCOc1ccc(C)cc1C1CCCC1. The molecule has 0 radical (unpaired) electrons. The Balaban J connectivity index is 2.28. The van der Waals surface area contributed by atoms with Gasteiger partial charge in [-0.2, -0.15) is 0 Å². The highest BCUT2D eigenvalue weighted by Gasteiger charge is 2.20. The minimum Gasteiger partial charge on any atom is -0.494 e. The summed E-state index contributed by atoms with van der Waals surface area (Å²) in [6.45, 7) is 4.98. The van der Waals surface area contributed by atoms with Crippen LogP contribution in [0.4, 0.5) is 0 Å². The van der Waals surface area contributed by atoms with Gasteiger partial charge in [0.2, 0.25) is 0 Å². The number of hydrogen-bond acceptors (Lipinski definition) is 1. The zero-order chi connectivity index (χ0) is 10.7. The van der Waals surface area contributed by atoms with E-state index in [4.69, 9.17) is 4.74 Å². The van der Waals surface area contributed by atoms with Crippen molar-refractivity contribution >= 4 is 0 Å². The Labute approximate surface area is 92.5 Å². The Bertz CT molecular complexity index is 324. The molecule has 1 aliphatic carbocycles. The summed E-state index contributed by atoms with van der Waals surface area (Å²) in [5.74, 6) is 1.85. The van der Waals surface area contributed by atoms with Crippen molar-refractivity contribution in [3.8, 4) is 5.75 Å². The van der Waals surface area contributed by atoms with Crippen LogP contribution < -0.4 is 4.74 Å². The van der Waals surface area contributed by atoms with Crippen molar-refractivity contribution in [3.63, 3.8) is 0 Å². The van der Waals surface area contributed by atoms with Crippen LogP contribution in [0.3, 0.4) is 0 Å². The molecule has 0 N–H and O–H groups in total. The maximum absolute atomic E-state index is 5.70. The number of hydrogen-bond donors (Lipinski definition) is 0. The van der Waals surface area contributed by atoms with Gasteiger partial charge in [-0.25, -0.2) is 0 Å². The molecule has 1 fully saturated rings. The Hall–Kier alpha value is -0.980. The zero-order valence-corrected chi connectivity index (χ0v) is 9.75. The number of ether oxygens (including phenoxy) is 1. The fourth-order valence-corrected chi connectivity index (χ4v) is 2.51. The highest BCUT2D eigenvalue weighted by molar-refractivity contribution is 5.39. The minimum absolute atomic E-state index is 0.742. The maximum Gasteiger partial charge on any atom is 0.122 e. The molecule has 2 rings (SSSR count). The van der Waals surface area contributed by atoms with Gasteiger partial charge in [0.15, 0.2) is 0 Å². The molecule has 0 aromatic heterocycles. The lowest BCUT2D eigenvalue weighted by atomic mass is 9.95. The second-order valence-corrected chi connectivity index (χ2v) is 4.46. The molecule has 1 saturated carbocycles. The third kappa shape index (κ3) is 2.34. The third-order valence-corrected chi connectivity index (χ3v) is 3.26. The van der Waals surface area contributed by atoms with Gasteiger partial charge in [0, 0.05) is 0 Å². The van der Waals surface area contributed by atoms with Crippen LogP contribution >= 0.6 is 0 Å². The standard InChI is InChI=1S/C14H20O/c1-3-15-14-9-8-11(2)10-13(14)12-6-4-5-7-12/h8-10,12H,3-7H2,1-2H3. The lowest BCUT2D eigenvalue weighted by Gasteiger charge is -2.16. The Morgan fingerprint density at radius 1 is 1.27 bits per heavy atom. The molecule has 0 amide bonds. The van der Waals surface area contributed by atoms with E-state index in [9.17, 15) is 0 Å². The van der Waals surface area contributed by atoms with Crippen molar-refractivity contribution in [2.45, 2.75) is 45.4 Å². The molecule has 82 valence electrons. The summed E-state index contributed by atoms with van der Waals surface area (Å²) in [6.07, 6.45) is 5.43. The van der Waals surface area contributed by atoms with Gasteiger partial charge in [0.05, 0.1) is 6.61 Å². The quantitative estimate of drug-likeness (QED) is 0.721. The molecule has 0 bridgehead atoms. The van der Waals surface area contributed by atoms with Crippen LogP contribution in [0.25, 0.3) is 0 Å². The molecule has 0 heterocycles. The van der Waals surface area contributed by atoms with E-state index in [1.165, 1.54) is 36.8 Å². The molecule has 0 aliphatic heterocycles. The summed E-state index contributed by atoms with van der Waals surface area (Å²) >= 11 is 0. The van der Waals surface area contributed by atoms with Crippen molar-refractivity contribution in [1.29, 1.82) is 0 Å². The topological polar surface area (TPSA) is 9.23 Å². The Morgan fingerprint density at radius 3 is 2.67 bits per heavy atom. The third-order valence-electron chi connectivity index (χ3n) is 3.26. The van der Waals surface area contributed by atoms with E-state index in [2.05, 4.69) is 32.0 Å². The van der Waals surface area contributed by atoms with Crippen molar-refractivity contribution in [2.24, 2.45) is 0 Å². The van der Waals surface area contributed by atoms with Crippen LogP contribution in [-0.4, -0.2) is 6.61 Å². The lowest BCUT2D eigenvalue weighted by Crippen LogP contribution is -2.00. The van der Waals surface area contributed by atoms with Gasteiger partial charge in [0.1, 0.15) is 5.75 Å². The van der Waals surface area contributed by atoms with Crippen LogP contribution in [0.1, 0.15) is 49.7 Å². The molecule has 0 atom stereocenters. The lowest BCUT2D eigenvalue weighted by molar-refractivity contribution is 0.334. The van der Waals surface area contributed by atoms with Crippen LogP contribution in [0.5, 0.6) is 5.75 Å². The predicted molar refractivity (Wildman–Crippen MR) is 63.6 cm³/mol. The van der Waals surface area contributed by atoms with Crippen molar-refractivity contribution in [2.75, 3.05) is 6.61 Å². The first-order valence-corrected chi connectivity index (χ1v) is 6.04. The number of rotatable bonds is 3. The molecule has 1 heteroatoms. The van der Waals surface area contributed by atoms with Crippen LogP contribution in [0, 0.1) is 6.92 Å². The normalized spacial score (nSPS) is 16.9. The molecule has 15 heavy (non-hydrogen) atoms. The first-order chi connectivity index (χ1) is 7.31. The van der Waals surface area contributed by atoms with E-state index < -0.39 is 0 Å². The average Bonchev–Trinajstić information content (AvgIpc) is 2.74. The largest absolute Gasteiger partial charge is 0.494 e. The van der Waals surface area contributed by atoms with E-state index in [1.807, 2.05) is 0 Å². The second kappa shape index (κ2) is 4.69. The van der Waals surface area contributed by atoms with Crippen molar-refractivity contribution in [1.82, 2.24) is 0 Å². The van der Waals surface area contributed by atoms with Crippen LogP contribution in [0.15, 0.2) is 18.2 Å². The second-order valence-electron chi connectivity index (χ2n) is 4.46. The summed E-state index contributed by atoms with van der Waals surface area (Å²) in [7, 11) is 0. The summed E-state index contributed by atoms with van der Waals surface area (Å²) in [4.78, 5) is 0. The minimum atomic E-state index is 0.742. The number of aryl methyl sites for hydroxylation is 1. The Kier molecular flexibility index (Phi) is 3.30. The molecule has 0 unspecified atom stereocenters. The van der Waals surface area contributed by atoms with Gasteiger partial charge < -0.3 is 4.74 Å². The summed E-state index contributed by atoms with van der Waals surface area (Å²) in [5, 5.41) is 0. The van der Waals surface area contributed by atoms with Crippen LogP contribution in [0.2, 0.25) is 0 Å². The molecule has 0 spiro atoms. The summed E-state index contributed by atoms with van der Waals surface area (Å²) < 4.78 is 5.70. The summed E-state index contributed by atoms with van der Waals surface area (Å²) in [5.41, 5.74) is 2.79. The first kappa shape index (κ1) is 10.5. The number of benzene rings is 1. The Morgan fingerprint density at radius 2 is 2.00 bits per heavy atom. The molecule has 1 aromatic carbocycles. The van der Waals surface area contributed by atoms with E-state index in [-0.39, 0.29) is 0 Å². The van der Waals surface area contributed by atoms with Crippen molar-refractivity contribution in [3.05, 3.63) is 29.3 Å². The van der Waals surface area contributed by atoms with Crippen LogP contribution in [-0.2, 0) is 0 Å². The van der Waals surface area contributed by atoms with Gasteiger partial charge in [0.25, 0.3) is 0 Å². The highest BCUT2D eigenvalue weighted by Crippen LogP contribution is 2.39. The van der Waals surface area contributed by atoms with E-state index in [0.29, 0.717) is 0 Å². The zero-order valence-electron chi connectivity index (χ0n) is 9.75. The van der Waals surface area contributed by atoms with Gasteiger partial charge in [-0.05, 0) is 44.2 Å². The fourth-order valence-electron chi connectivity index (χ4n) is 2.51. The monoisotopic (exact) mass is 204 g/mol. The fraction of sp³-hybridized carbons (Fsp3) is 0.571. The molecule has 1 aromatic rings. The van der Waals surface area contributed by atoms with Gasteiger partial charge in [-0.3, -0.25) is 0 Å². The van der Waals surface area contributed by atoms with Crippen molar-refractivity contribution < 1.29 is 4.74 Å². The van der Waals surface area contributed by atoms with Gasteiger partial charge in [-0.1, -0.05) is 30.5 Å². The molecule has 0 saturated heterocycles. The van der Waals surface area contributed by atoms with Gasteiger partial charge >= 0.3 is 0 Å².